The third-order valence-corrected chi connectivity index (χ3v) is 2.54. The van der Waals surface area contributed by atoms with Gasteiger partial charge in [-0.3, -0.25) is 0 Å². The molecule has 3 nitrogen and oxygen atoms in total. The van der Waals surface area contributed by atoms with Gasteiger partial charge in [0.15, 0.2) is 0 Å². The zero-order chi connectivity index (χ0) is 10.9. The first-order valence-corrected chi connectivity index (χ1v) is 4.81. The normalized spacial score (nSPS) is 13.6. The monoisotopic (exact) mass is 228 g/mol. The van der Waals surface area contributed by atoms with E-state index in [1.807, 2.05) is 0 Å². The van der Waals surface area contributed by atoms with E-state index in [1.165, 1.54) is 0 Å². The Labute approximate surface area is 89.1 Å². The summed E-state index contributed by atoms with van der Waals surface area (Å²) in [5, 5.41) is 18.9. The third-order valence-electron chi connectivity index (χ3n) is 2.10. The molecule has 0 rings (SSSR count). The van der Waals surface area contributed by atoms with Gasteiger partial charge < -0.3 is 14.8 Å². The predicted molar refractivity (Wildman–Crippen MR) is 54.9 cm³/mol. The minimum atomic E-state index is -1.30. The molecule has 0 atom stereocenters. The van der Waals surface area contributed by atoms with Gasteiger partial charge >= 0.3 is 7.12 Å². The van der Waals surface area contributed by atoms with Gasteiger partial charge in [-0.2, -0.15) is 0 Å². The predicted octanol–water partition coefficient (Wildman–Crippen LogP) is 1.38. The molecular weight excluding hydrogens is 214 g/mol. The number of alkyl halides is 2. The molecule has 0 bridgehead atoms. The van der Waals surface area contributed by atoms with E-state index in [-0.39, 0.29) is 0 Å². The molecule has 0 saturated heterocycles. The lowest BCUT2D eigenvalue weighted by atomic mass is 9.84. The summed E-state index contributed by atoms with van der Waals surface area (Å²) in [4.78, 5) is 0. The van der Waals surface area contributed by atoms with Crippen LogP contribution in [0, 0.1) is 0 Å². The van der Waals surface area contributed by atoms with Crippen molar-refractivity contribution in [1.29, 1.82) is 0 Å². The van der Waals surface area contributed by atoms with E-state index in [0.717, 1.165) is 0 Å². The molecule has 0 aliphatic carbocycles. The van der Waals surface area contributed by atoms with Crippen molar-refractivity contribution in [2.45, 2.75) is 43.6 Å². The standard InChI is InChI=1S/C7H15BCl2O3/c1-6(2,11)7(3,4)13-8(12)5(9)10/h5,11-12H,1-4H3. The van der Waals surface area contributed by atoms with Crippen molar-refractivity contribution in [2.24, 2.45) is 0 Å². The molecule has 0 aromatic heterocycles. The largest absolute Gasteiger partial charge is 0.489 e. The molecule has 6 heteroatoms. The van der Waals surface area contributed by atoms with Crippen LogP contribution in [0.5, 0.6) is 0 Å². The molecule has 0 spiro atoms. The first-order chi connectivity index (χ1) is 5.58. The Morgan fingerprint density at radius 2 is 1.62 bits per heavy atom. The van der Waals surface area contributed by atoms with Gasteiger partial charge in [-0.25, -0.2) is 0 Å². The lowest BCUT2D eigenvalue weighted by Crippen LogP contribution is -2.51. The van der Waals surface area contributed by atoms with Crippen LogP contribution < -0.4 is 0 Å². The van der Waals surface area contributed by atoms with E-state index in [4.69, 9.17) is 27.9 Å². The second kappa shape index (κ2) is 4.36. The van der Waals surface area contributed by atoms with Gasteiger partial charge in [0.25, 0.3) is 0 Å². The average molecular weight is 229 g/mol. The molecule has 0 unspecified atom stereocenters. The van der Waals surface area contributed by atoms with E-state index in [0.29, 0.717) is 0 Å². The second-order valence-electron chi connectivity index (χ2n) is 3.91. The quantitative estimate of drug-likeness (QED) is 0.565. The Hall–Kier alpha value is 0.525. The van der Waals surface area contributed by atoms with Crippen molar-refractivity contribution in [3.63, 3.8) is 0 Å². The second-order valence-corrected chi connectivity index (χ2v) is 5.08. The topological polar surface area (TPSA) is 49.7 Å². The molecule has 0 fully saturated rings. The minimum absolute atomic E-state index is 0.922. The SMILES string of the molecule is CC(C)(O)C(C)(C)OB(O)C(Cl)Cl. The van der Waals surface area contributed by atoms with Gasteiger partial charge in [-0.15, -0.1) is 23.2 Å². The van der Waals surface area contributed by atoms with Crippen LogP contribution in [0.2, 0.25) is 0 Å². The van der Waals surface area contributed by atoms with Gasteiger partial charge in [-0.05, 0) is 27.7 Å². The third kappa shape index (κ3) is 4.04. The zero-order valence-electron chi connectivity index (χ0n) is 8.21. The summed E-state index contributed by atoms with van der Waals surface area (Å²) in [7, 11) is -1.30. The summed E-state index contributed by atoms with van der Waals surface area (Å²) in [5.41, 5.74) is -2.01. The lowest BCUT2D eigenvalue weighted by Gasteiger charge is -2.38. The van der Waals surface area contributed by atoms with E-state index in [9.17, 15) is 10.1 Å². The van der Waals surface area contributed by atoms with Crippen molar-refractivity contribution in [3.05, 3.63) is 0 Å². The van der Waals surface area contributed by atoms with Gasteiger partial charge in [0.05, 0.1) is 11.2 Å². The molecule has 0 aromatic carbocycles. The molecule has 0 heterocycles. The average Bonchev–Trinajstić information content (AvgIpc) is 1.83. The van der Waals surface area contributed by atoms with Gasteiger partial charge in [0.2, 0.25) is 0 Å². The molecule has 78 valence electrons. The first-order valence-electron chi connectivity index (χ1n) is 3.94. The lowest BCUT2D eigenvalue weighted by molar-refractivity contribution is -0.0997. The fraction of sp³-hybridized carbons (Fsp3) is 1.00. The smallest absolute Gasteiger partial charge is 0.425 e. The van der Waals surface area contributed by atoms with Crippen LogP contribution >= 0.6 is 23.2 Å². The molecule has 0 aromatic rings. The highest BCUT2D eigenvalue weighted by Crippen LogP contribution is 2.26. The maximum atomic E-state index is 9.65. The van der Waals surface area contributed by atoms with Crippen LogP contribution in [-0.4, -0.2) is 33.2 Å². The van der Waals surface area contributed by atoms with Crippen LogP contribution in [0.15, 0.2) is 0 Å². The highest BCUT2D eigenvalue weighted by Gasteiger charge is 2.40. The first kappa shape index (κ1) is 13.5. The van der Waals surface area contributed by atoms with Crippen molar-refractivity contribution >= 4 is 30.3 Å². The molecule has 0 amide bonds. The molecular formula is C7H15BCl2O3. The molecule has 2 N–H and O–H groups in total. The Morgan fingerprint density at radius 1 is 1.23 bits per heavy atom. The van der Waals surface area contributed by atoms with Crippen molar-refractivity contribution in [2.75, 3.05) is 0 Å². The summed E-state index contributed by atoms with van der Waals surface area (Å²) in [6.45, 7) is 6.45. The summed E-state index contributed by atoms with van der Waals surface area (Å²) < 4.78 is 4.08. The highest BCUT2D eigenvalue weighted by molar-refractivity contribution is 6.72. The van der Waals surface area contributed by atoms with Crippen molar-refractivity contribution in [1.82, 2.24) is 0 Å². The van der Waals surface area contributed by atoms with Gasteiger partial charge in [-0.1, -0.05) is 0 Å². The van der Waals surface area contributed by atoms with E-state index < -0.39 is 23.1 Å². The number of aliphatic hydroxyl groups is 1. The number of halogens is 2. The Kier molecular flexibility index (Phi) is 4.54. The van der Waals surface area contributed by atoms with E-state index in [2.05, 4.69) is 0 Å². The number of hydrogen-bond acceptors (Lipinski definition) is 3. The van der Waals surface area contributed by atoms with E-state index in [1.54, 1.807) is 27.7 Å². The van der Waals surface area contributed by atoms with Crippen LogP contribution in [0.25, 0.3) is 0 Å². The fourth-order valence-electron chi connectivity index (χ4n) is 0.498. The van der Waals surface area contributed by atoms with Gasteiger partial charge in [0, 0.05) is 0 Å². The van der Waals surface area contributed by atoms with Gasteiger partial charge in [0.1, 0.15) is 4.74 Å². The molecule has 0 saturated carbocycles. The zero-order valence-corrected chi connectivity index (χ0v) is 9.73. The number of rotatable bonds is 4. The summed E-state index contributed by atoms with van der Waals surface area (Å²) in [6.07, 6.45) is 0. The number of hydrogen-bond donors (Lipinski definition) is 2. The van der Waals surface area contributed by atoms with Crippen LogP contribution in [0.4, 0.5) is 0 Å². The molecule has 13 heavy (non-hydrogen) atoms. The minimum Gasteiger partial charge on any atom is -0.425 e. The van der Waals surface area contributed by atoms with Crippen LogP contribution in [0.1, 0.15) is 27.7 Å². The maximum Gasteiger partial charge on any atom is 0.489 e. The highest BCUT2D eigenvalue weighted by atomic mass is 35.5. The molecule has 0 radical (unpaired) electrons. The Balaban J connectivity index is 4.34. The fourth-order valence-corrected chi connectivity index (χ4v) is 0.600. The summed E-state index contributed by atoms with van der Waals surface area (Å²) in [6, 6.07) is 0. The van der Waals surface area contributed by atoms with E-state index >= 15 is 0 Å². The van der Waals surface area contributed by atoms with Crippen molar-refractivity contribution in [3.8, 4) is 0 Å². The summed E-state index contributed by atoms with van der Waals surface area (Å²) >= 11 is 10.8. The molecule has 0 aliphatic heterocycles. The van der Waals surface area contributed by atoms with Crippen molar-refractivity contribution < 1.29 is 14.8 Å². The Morgan fingerprint density at radius 3 is 1.85 bits per heavy atom. The summed E-state index contributed by atoms with van der Waals surface area (Å²) in [5.74, 6) is 0. The van der Waals surface area contributed by atoms with Crippen LogP contribution in [0.3, 0.4) is 0 Å². The Bertz CT molecular complexity index is 168. The van der Waals surface area contributed by atoms with Crippen LogP contribution in [-0.2, 0) is 4.65 Å². The molecule has 0 aliphatic rings. The maximum absolute atomic E-state index is 9.65.